The van der Waals surface area contributed by atoms with E-state index in [1.54, 1.807) is 0 Å². The van der Waals surface area contributed by atoms with Crippen LogP contribution in [0.15, 0.2) is 65.7 Å². The predicted octanol–water partition coefficient (Wildman–Crippen LogP) is 5.02. The molecule has 0 radical (unpaired) electrons. The van der Waals surface area contributed by atoms with Gasteiger partial charge in [0.05, 0.1) is 17.9 Å². The Bertz CT molecular complexity index is 916. The minimum Gasteiger partial charge on any atom is -0.483 e. The summed E-state index contributed by atoms with van der Waals surface area (Å²) < 4.78 is 7.23. The molecule has 124 valence electrons. The van der Waals surface area contributed by atoms with E-state index in [0.717, 1.165) is 16.9 Å². The molecule has 0 saturated carbocycles. The zero-order valence-electron chi connectivity index (χ0n) is 14.3. The van der Waals surface area contributed by atoms with Gasteiger partial charge in [0.2, 0.25) is 0 Å². The molecule has 3 rings (SSSR count). The highest BCUT2D eigenvalue weighted by Gasteiger charge is 2.17. The van der Waals surface area contributed by atoms with Gasteiger partial charge in [-0.3, -0.25) is 4.57 Å². The van der Waals surface area contributed by atoms with Gasteiger partial charge in [-0.25, -0.2) is 4.99 Å². The topological polar surface area (TPSA) is 50.3 Å². The summed E-state index contributed by atoms with van der Waals surface area (Å²) in [7, 11) is 0. The standard InChI is InChI=1S/C21H19N3O/c1-3-25-15-23-21-18(14-22)13-20(17-11-9-16(2)10-12-17)24(21)19-7-5-4-6-8-19/h4-13,15H,3H2,1-2H3/b23-15+. The van der Waals surface area contributed by atoms with E-state index in [4.69, 9.17) is 4.74 Å². The Balaban J connectivity index is 2.24. The Hall–Kier alpha value is -3.32. The SMILES string of the molecule is CCO/C=N/c1c(C#N)cc(-c2ccc(C)cc2)n1-c1ccccc1. The monoisotopic (exact) mass is 329 g/mol. The molecule has 2 aromatic carbocycles. The van der Waals surface area contributed by atoms with Gasteiger partial charge in [-0.1, -0.05) is 48.0 Å². The van der Waals surface area contributed by atoms with Gasteiger partial charge in [0.15, 0.2) is 12.2 Å². The van der Waals surface area contributed by atoms with Crippen LogP contribution in [-0.4, -0.2) is 17.6 Å². The van der Waals surface area contributed by atoms with E-state index in [-0.39, 0.29) is 0 Å². The van der Waals surface area contributed by atoms with E-state index in [1.807, 2.05) is 47.9 Å². The van der Waals surface area contributed by atoms with Crippen LogP contribution >= 0.6 is 0 Å². The van der Waals surface area contributed by atoms with Gasteiger partial charge in [-0.15, -0.1) is 0 Å². The first kappa shape index (κ1) is 16.5. The Morgan fingerprint density at radius 2 is 1.84 bits per heavy atom. The smallest absolute Gasteiger partial charge is 0.176 e. The summed E-state index contributed by atoms with van der Waals surface area (Å²) in [5.74, 6) is 0.567. The number of aliphatic imine (C=N–C) groups is 1. The summed E-state index contributed by atoms with van der Waals surface area (Å²) in [4.78, 5) is 4.40. The summed E-state index contributed by atoms with van der Waals surface area (Å²) in [6.45, 7) is 4.48. The van der Waals surface area contributed by atoms with E-state index >= 15 is 0 Å². The van der Waals surface area contributed by atoms with Crippen LogP contribution in [0.1, 0.15) is 18.1 Å². The highest BCUT2D eigenvalue weighted by atomic mass is 16.5. The number of rotatable bonds is 5. The largest absolute Gasteiger partial charge is 0.483 e. The fourth-order valence-electron chi connectivity index (χ4n) is 2.65. The van der Waals surface area contributed by atoms with Gasteiger partial charge in [0.1, 0.15) is 6.07 Å². The molecular weight excluding hydrogens is 310 g/mol. The quantitative estimate of drug-likeness (QED) is 0.487. The third kappa shape index (κ3) is 3.46. The molecule has 0 unspecified atom stereocenters. The number of nitrogens with zero attached hydrogens (tertiary/aromatic N) is 3. The van der Waals surface area contributed by atoms with Crippen LogP contribution in [0.2, 0.25) is 0 Å². The maximum atomic E-state index is 9.57. The zero-order valence-corrected chi connectivity index (χ0v) is 14.3. The first-order valence-corrected chi connectivity index (χ1v) is 8.17. The maximum Gasteiger partial charge on any atom is 0.176 e. The third-order valence-corrected chi connectivity index (χ3v) is 3.87. The van der Waals surface area contributed by atoms with Crippen molar-refractivity contribution in [2.45, 2.75) is 13.8 Å². The summed E-state index contributed by atoms with van der Waals surface area (Å²) in [6.07, 6.45) is 1.40. The van der Waals surface area contributed by atoms with E-state index in [0.29, 0.717) is 18.0 Å². The first-order chi connectivity index (χ1) is 12.2. The molecule has 1 aromatic heterocycles. The fraction of sp³-hybridized carbons (Fsp3) is 0.143. The van der Waals surface area contributed by atoms with E-state index in [9.17, 15) is 5.26 Å². The lowest BCUT2D eigenvalue weighted by molar-refractivity contribution is 0.344. The molecule has 25 heavy (non-hydrogen) atoms. The molecule has 0 saturated heterocycles. The number of nitriles is 1. The number of ether oxygens (including phenoxy) is 1. The summed E-state index contributed by atoms with van der Waals surface area (Å²) in [6, 6.07) is 22.3. The van der Waals surface area contributed by atoms with Gasteiger partial charge in [0, 0.05) is 5.69 Å². The first-order valence-electron chi connectivity index (χ1n) is 8.17. The van der Waals surface area contributed by atoms with Crippen LogP contribution in [0.5, 0.6) is 0 Å². The van der Waals surface area contributed by atoms with E-state index in [2.05, 4.69) is 42.3 Å². The molecule has 3 aromatic rings. The minimum absolute atomic E-state index is 0.510. The fourth-order valence-corrected chi connectivity index (χ4v) is 2.65. The van der Waals surface area contributed by atoms with Crippen molar-refractivity contribution in [3.8, 4) is 23.0 Å². The van der Waals surface area contributed by atoms with Gasteiger partial charge < -0.3 is 4.74 Å². The van der Waals surface area contributed by atoms with Crippen molar-refractivity contribution in [1.82, 2.24) is 4.57 Å². The average molecular weight is 329 g/mol. The maximum absolute atomic E-state index is 9.57. The van der Waals surface area contributed by atoms with Crippen LogP contribution in [-0.2, 0) is 4.74 Å². The molecule has 0 spiro atoms. The molecule has 0 aliphatic heterocycles. The van der Waals surface area contributed by atoms with Crippen molar-refractivity contribution in [3.05, 3.63) is 71.8 Å². The van der Waals surface area contributed by atoms with Crippen molar-refractivity contribution < 1.29 is 4.74 Å². The molecule has 0 N–H and O–H groups in total. The Morgan fingerprint density at radius 3 is 2.48 bits per heavy atom. The number of benzene rings is 2. The van der Waals surface area contributed by atoms with Crippen LogP contribution in [0, 0.1) is 18.3 Å². The molecule has 4 heteroatoms. The summed E-state index contributed by atoms with van der Waals surface area (Å²) in [5.41, 5.74) is 4.60. The lowest BCUT2D eigenvalue weighted by atomic mass is 10.1. The molecule has 0 atom stereocenters. The second-order valence-corrected chi connectivity index (χ2v) is 5.61. The second kappa shape index (κ2) is 7.50. The Kier molecular flexibility index (Phi) is 4.96. The molecule has 0 aliphatic carbocycles. The normalized spacial score (nSPS) is 10.8. The van der Waals surface area contributed by atoms with Gasteiger partial charge in [0.25, 0.3) is 0 Å². The van der Waals surface area contributed by atoms with Crippen molar-refractivity contribution in [3.63, 3.8) is 0 Å². The molecule has 0 fully saturated rings. The Morgan fingerprint density at radius 1 is 1.12 bits per heavy atom. The van der Waals surface area contributed by atoms with Crippen molar-refractivity contribution >= 4 is 12.2 Å². The molecule has 4 nitrogen and oxygen atoms in total. The summed E-state index contributed by atoms with van der Waals surface area (Å²) >= 11 is 0. The van der Waals surface area contributed by atoms with Crippen molar-refractivity contribution in [2.75, 3.05) is 6.61 Å². The van der Waals surface area contributed by atoms with Crippen LogP contribution < -0.4 is 0 Å². The van der Waals surface area contributed by atoms with Gasteiger partial charge in [-0.05, 0) is 37.6 Å². The van der Waals surface area contributed by atoms with E-state index in [1.165, 1.54) is 12.0 Å². The number of aromatic nitrogens is 1. The van der Waals surface area contributed by atoms with Gasteiger partial charge >= 0.3 is 0 Å². The van der Waals surface area contributed by atoms with Crippen LogP contribution in [0.4, 0.5) is 5.82 Å². The van der Waals surface area contributed by atoms with E-state index < -0.39 is 0 Å². The number of para-hydroxylation sites is 1. The molecule has 0 amide bonds. The zero-order chi connectivity index (χ0) is 17.6. The highest BCUT2D eigenvalue weighted by Crippen LogP contribution is 2.34. The second-order valence-electron chi connectivity index (χ2n) is 5.61. The lowest BCUT2D eigenvalue weighted by Crippen LogP contribution is -1.97. The number of hydrogen-bond donors (Lipinski definition) is 0. The van der Waals surface area contributed by atoms with Crippen molar-refractivity contribution in [1.29, 1.82) is 5.26 Å². The van der Waals surface area contributed by atoms with Gasteiger partial charge in [-0.2, -0.15) is 5.26 Å². The molecule has 1 heterocycles. The molecule has 0 bridgehead atoms. The highest BCUT2D eigenvalue weighted by molar-refractivity contribution is 5.74. The van der Waals surface area contributed by atoms with Crippen molar-refractivity contribution in [2.24, 2.45) is 4.99 Å². The van der Waals surface area contributed by atoms with Crippen LogP contribution in [0.25, 0.3) is 16.9 Å². The average Bonchev–Trinajstić information content (AvgIpc) is 3.02. The molecular formula is C21H19N3O. The Labute approximate surface area is 147 Å². The van der Waals surface area contributed by atoms with Crippen LogP contribution in [0.3, 0.4) is 0 Å². The number of hydrogen-bond acceptors (Lipinski definition) is 3. The molecule has 0 aliphatic rings. The third-order valence-electron chi connectivity index (χ3n) is 3.87. The number of aryl methyl sites for hydroxylation is 1. The predicted molar refractivity (Wildman–Crippen MR) is 100 cm³/mol. The lowest BCUT2D eigenvalue weighted by Gasteiger charge is -2.12. The minimum atomic E-state index is 0.510. The summed E-state index contributed by atoms with van der Waals surface area (Å²) in [5, 5.41) is 9.57.